The molecule has 1 aromatic rings. The van der Waals surface area contributed by atoms with Crippen LogP contribution >= 0.6 is 15.9 Å². The van der Waals surface area contributed by atoms with Crippen LogP contribution in [0.3, 0.4) is 0 Å². The molecule has 1 heterocycles. The first kappa shape index (κ1) is 12.7. The molecular formula is C11H20BrN3. The minimum absolute atomic E-state index is 0.468. The van der Waals surface area contributed by atoms with E-state index in [1.54, 1.807) is 0 Å². The fourth-order valence-corrected chi connectivity index (χ4v) is 1.73. The molecule has 0 bridgehead atoms. The largest absolute Gasteiger partial charge is 0.312 e. The molecule has 0 saturated heterocycles. The van der Waals surface area contributed by atoms with Crippen LogP contribution < -0.4 is 5.32 Å². The Morgan fingerprint density at radius 1 is 1.47 bits per heavy atom. The van der Waals surface area contributed by atoms with Crippen molar-refractivity contribution in [2.45, 2.75) is 39.8 Å². The van der Waals surface area contributed by atoms with E-state index in [2.05, 4.69) is 47.1 Å². The second-order valence-corrected chi connectivity index (χ2v) is 5.33. The third-order valence-electron chi connectivity index (χ3n) is 2.28. The fourth-order valence-electron chi connectivity index (χ4n) is 1.40. The monoisotopic (exact) mass is 273 g/mol. The van der Waals surface area contributed by atoms with E-state index < -0.39 is 0 Å². The summed E-state index contributed by atoms with van der Waals surface area (Å²) in [6.45, 7) is 8.69. The summed E-state index contributed by atoms with van der Waals surface area (Å²) < 4.78 is 2.99. The summed E-state index contributed by atoms with van der Waals surface area (Å²) in [7, 11) is 0. The van der Waals surface area contributed by atoms with Gasteiger partial charge in [0.2, 0.25) is 0 Å². The number of hydrogen-bond donors (Lipinski definition) is 1. The minimum atomic E-state index is 0.468. The minimum Gasteiger partial charge on any atom is -0.312 e. The molecule has 0 fully saturated rings. The van der Waals surface area contributed by atoms with E-state index in [-0.39, 0.29) is 0 Å². The number of hydrogen-bond acceptors (Lipinski definition) is 2. The van der Waals surface area contributed by atoms with Crippen LogP contribution in [0.25, 0.3) is 0 Å². The molecule has 86 valence electrons. The molecule has 0 radical (unpaired) electrons. The van der Waals surface area contributed by atoms with Crippen LogP contribution in [-0.4, -0.2) is 22.4 Å². The van der Waals surface area contributed by atoms with Crippen LogP contribution in [0.5, 0.6) is 0 Å². The fraction of sp³-hybridized carbons (Fsp3) is 0.727. The topological polar surface area (TPSA) is 29.9 Å². The number of halogens is 1. The van der Waals surface area contributed by atoms with E-state index in [1.165, 1.54) is 6.42 Å². The summed E-state index contributed by atoms with van der Waals surface area (Å²) in [6.07, 6.45) is 5.05. The van der Waals surface area contributed by atoms with Crippen LogP contribution in [-0.2, 0) is 6.54 Å². The van der Waals surface area contributed by atoms with E-state index >= 15 is 0 Å². The molecule has 3 nitrogen and oxygen atoms in total. The third kappa shape index (κ3) is 5.33. The maximum absolute atomic E-state index is 4.23. The van der Waals surface area contributed by atoms with Crippen LogP contribution in [0.4, 0.5) is 0 Å². The lowest BCUT2D eigenvalue weighted by atomic mass is 10.1. The summed E-state index contributed by atoms with van der Waals surface area (Å²) in [6, 6.07) is 0.468. The van der Waals surface area contributed by atoms with Crippen molar-refractivity contribution in [3.8, 4) is 0 Å². The highest BCUT2D eigenvalue weighted by Crippen LogP contribution is 2.06. The number of nitrogens with one attached hydrogen (secondary N) is 1. The van der Waals surface area contributed by atoms with E-state index in [0.29, 0.717) is 6.04 Å². The van der Waals surface area contributed by atoms with Gasteiger partial charge in [0.05, 0.1) is 17.2 Å². The molecule has 1 N–H and O–H groups in total. The standard InChI is InChI=1S/C11H20BrN3/c1-9(2)4-5-13-10(3)7-15-8-11(12)6-14-15/h6,8-10,13H,4-5,7H2,1-3H3. The lowest BCUT2D eigenvalue weighted by Crippen LogP contribution is -2.31. The summed E-state index contributed by atoms with van der Waals surface area (Å²) >= 11 is 3.39. The molecule has 0 amide bonds. The van der Waals surface area contributed by atoms with Crippen molar-refractivity contribution < 1.29 is 0 Å². The van der Waals surface area contributed by atoms with Crippen LogP contribution in [0, 0.1) is 5.92 Å². The Morgan fingerprint density at radius 2 is 2.20 bits per heavy atom. The Hall–Kier alpha value is -0.350. The van der Waals surface area contributed by atoms with E-state index in [9.17, 15) is 0 Å². The van der Waals surface area contributed by atoms with Crippen molar-refractivity contribution in [3.63, 3.8) is 0 Å². The lowest BCUT2D eigenvalue weighted by molar-refractivity contribution is 0.429. The van der Waals surface area contributed by atoms with Gasteiger partial charge in [-0.25, -0.2) is 0 Å². The van der Waals surface area contributed by atoms with Crippen molar-refractivity contribution in [1.82, 2.24) is 15.1 Å². The average molecular weight is 274 g/mol. The van der Waals surface area contributed by atoms with Crippen molar-refractivity contribution in [2.75, 3.05) is 6.54 Å². The Balaban J connectivity index is 2.21. The van der Waals surface area contributed by atoms with Gasteiger partial charge in [0.25, 0.3) is 0 Å². The highest BCUT2D eigenvalue weighted by molar-refractivity contribution is 9.10. The first-order valence-corrected chi connectivity index (χ1v) is 6.28. The van der Waals surface area contributed by atoms with Gasteiger partial charge in [-0.1, -0.05) is 13.8 Å². The molecule has 15 heavy (non-hydrogen) atoms. The molecule has 0 aliphatic carbocycles. The smallest absolute Gasteiger partial charge is 0.0632 e. The van der Waals surface area contributed by atoms with Gasteiger partial charge < -0.3 is 5.32 Å². The van der Waals surface area contributed by atoms with Gasteiger partial charge in [-0.3, -0.25) is 4.68 Å². The summed E-state index contributed by atoms with van der Waals surface area (Å²) in [5.74, 6) is 0.767. The molecule has 0 saturated carbocycles. The van der Waals surface area contributed by atoms with Crippen molar-refractivity contribution in [3.05, 3.63) is 16.9 Å². The van der Waals surface area contributed by atoms with Gasteiger partial charge in [0, 0.05) is 12.2 Å². The summed E-state index contributed by atoms with van der Waals surface area (Å²) in [5, 5.41) is 7.72. The molecule has 0 aliphatic heterocycles. The first-order chi connectivity index (χ1) is 7.08. The van der Waals surface area contributed by atoms with Gasteiger partial charge in [0.1, 0.15) is 0 Å². The van der Waals surface area contributed by atoms with Gasteiger partial charge in [-0.05, 0) is 41.7 Å². The summed E-state index contributed by atoms with van der Waals surface area (Å²) in [5.41, 5.74) is 0. The maximum Gasteiger partial charge on any atom is 0.0632 e. The molecule has 0 aromatic carbocycles. The van der Waals surface area contributed by atoms with Crippen molar-refractivity contribution in [1.29, 1.82) is 0 Å². The zero-order valence-corrected chi connectivity index (χ0v) is 11.3. The van der Waals surface area contributed by atoms with Crippen LogP contribution in [0.2, 0.25) is 0 Å². The molecule has 0 aliphatic rings. The summed E-state index contributed by atoms with van der Waals surface area (Å²) in [4.78, 5) is 0. The van der Waals surface area contributed by atoms with Crippen molar-refractivity contribution >= 4 is 15.9 Å². The Labute approximate surface area is 100 Å². The van der Waals surface area contributed by atoms with Gasteiger partial charge in [-0.2, -0.15) is 5.10 Å². The van der Waals surface area contributed by atoms with Gasteiger partial charge >= 0.3 is 0 Å². The molecule has 1 atom stereocenters. The lowest BCUT2D eigenvalue weighted by Gasteiger charge is -2.14. The highest BCUT2D eigenvalue weighted by atomic mass is 79.9. The van der Waals surface area contributed by atoms with Gasteiger partial charge in [0.15, 0.2) is 0 Å². The SMILES string of the molecule is CC(C)CCNC(C)Cn1cc(Br)cn1. The van der Waals surface area contributed by atoms with Crippen LogP contribution in [0.15, 0.2) is 16.9 Å². The van der Waals surface area contributed by atoms with E-state index in [4.69, 9.17) is 0 Å². The number of nitrogens with zero attached hydrogens (tertiary/aromatic N) is 2. The maximum atomic E-state index is 4.23. The average Bonchev–Trinajstić information content (AvgIpc) is 2.50. The quantitative estimate of drug-likeness (QED) is 0.864. The predicted octanol–water partition coefficient (Wildman–Crippen LogP) is 2.67. The zero-order valence-electron chi connectivity index (χ0n) is 9.70. The zero-order chi connectivity index (χ0) is 11.3. The molecule has 4 heteroatoms. The Kier molecular flexibility index (Phi) is 5.32. The number of rotatable bonds is 6. The second-order valence-electron chi connectivity index (χ2n) is 4.42. The molecule has 1 unspecified atom stereocenters. The third-order valence-corrected chi connectivity index (χ3v) is 2.69. The predicted molar refractivity (Wildman–Crippen MR) is 66.8 cm³/mol. The van der Waals surface area contributed by atoms with E-state index in [1.807, 2.05) is 17.1 Å². The molecule has 0 spiro atoms. The normalized spacial score (nSPS) is 13.4. The Morgan fingerprint density at radius 3 is 2.73 bits per heavy atom. The highest BCUT2D eigenvalue weighted by Gasteiger charge is 2.03. The van der Waals surface area contributed by atoms with Crippen LogP contribution in [0.1, 0.15) is 27.2 Å². The van der Waals surface area contributed by atoms with E-state index in [0.717, 1.165) is 23.5 Å². The first-order valence-electron chi connectivity index (χ1n) is 5.49. The number of aromatic nitrogens is 2. The molecule has 1 rings (SSSR count). The van der Waals surface area contributed by atoms with Crippen molar-refractivity contribution in [2.24, 2.45) is 5.92 Å². The Bertz CT molecular complexity index is 283. The second kappa shape index (κ2) is 6.28. The van der Waals surface area contributed by atoms with Gasteiger partial charge in [-0.15, -0.1) is 0 Å². The molecular weight excluding hydrogens is 254 g/mol. The molecule has 1 aromatic heterocycles.